The van der Waals surface area contributed by atoms with Crippen molar-refractivity contribution in [1.82, 2.24) is 15.3 Å². The standard InChI is InChI=1S/C19H24FN5O/c1-19(2,3)23-17(26)15-8-9-21-18(22-15)25-12-10-24(11-13-25)16-7-5-4-6-14(16)20/h4-9H,10-13H2,1-3H3,(H,23,26). The zero-order valence-corrected chi connectivity index (χ0v) is 15.4. The Morgan fingerprint density at radius 1 is 1.08 bits per heavy atom. The third kappa shape index (κ3) is 4.28. The summed E-state index contributed by atoms with van der Waals surface area (Å²) in [5.41, 5.74) is 0.640. The highest BCUT2D eigenvalue weighted by molar-refractivity contribution is 5.92. The number of rotatable bonds is 3. The smallest absolute Gasteiger partial charge is 0.270 e. The second kappa shape index (κ2) is 7.27. The first-order valence-corrected chi connectivity index (χ1v) is 8.73. The van der Waals surface area contributed by atoms with E-state index in [0.29, 0.717) is 43.5 Å². The fourth-order valence-corrected chi connectivity index (χ4v) is 2.89. The zero-order valence-electron chi connectivity index (χ0n) is 15.4. The van der Waals surface area contributed by atoms with Gasteiger partial charge in [-0.2, -0.15) is 0 Å². The lowest BCUT2D eigenvalue weighted by molar-refractivity contribution is 0.0914. The van der Waals surface area contributed by atoms with Crippen molar-refractivity contribution in [2.45, 2.75) is 26.3 Å². The van der Waals surface area contributed by atoms with E-state index in [1.54, 1.807) is 24.4 Å². The Morgan fingerprint density at radius 2 is 1.73 bits per heavy atom. The van der Waals surface area contributed by atoms with Gasteiger partial charge in [0.1, 0.15) is 11.5 Å². The summed E-state index contributed by atoms with van der Waals surface area (Å²) >= 11 is 0. The first kappa shape index (κ1) is 18.1. The number of carbonyl (C=O) groups is 1. The first-order valence-electron chi connectivity index (χ1n) is 8.73. The molecule has 1 fully saturated rings. The number of hydrogen-bond donors (Lipinski definition) is 1. The van der Waals surface area contributed by atoms with E-state index < -0.39 is 0 Å². The number of nitrogens with zero attached hydrogens (tertiary/aromatic N) is 4. The topological polar surface area (TPSA) is 61.4 Å². The highest BCUT2D eigenvalue weighted by Gasteiger charge is 2.22. The Balaban J connectivity index is 1.67. The Kier molecular flexibility index (Phi) is 5.06. The van der Waals surface area contributed by atoms with E-state index >= 15 is 0 Å². The van der Waals surface area contributed by atoms with E-state index in [1.807, 2.05) is 36.6 Å². The van der Waals surface area contributed by atoms with Gasteiger partial charge >= 0.3 is 0 Å². The molecule has 26 heavy (non-hydrogen) atoms. The van der Waals surface area contributed by atoms with E-state index in [0.717, 1.165) is 0 Å². The molecule has 2 aromatic rings. The van der Waals surface area contributed by atoms with Gasteiger partial charge in [-0.25, -0.2) is 14.4 Å². The van der Waals surface area contributed by atoms with Crippen LogP contribution in [0, 0.1) is 5.82 Å². The number of benzene rings is 1. The Labute approximate surface area is 153 Å². The normalized spacial score (nSPS) is 15.1. The van der Waals surface area contributed by atoms with Crippen LogP contribution < -0.4 is 15.1 Å². The minimum atomic E-state index is -0.326. The molecular formula is C19H24FN5O. The highest BCUT2D eigenvalue weighted by atomic mass is 19.1. The van der Waals surface area contributed by atoms with Crippen molar-refractivity contribution in [1.29, 1.82) is 0 Å². The van der Waals surface area contributed by atoms with E-state index in [1.165, 1.54) is 6.07 Å². The van der Waals surface area contributed by atoms with Crippen LogP contribution in [-0.4, -0.2) is 47.6 Å². The molecule has 2 heterocycles. The molecule has 138 valence electrons. The minimum absolute atomic E-state index is 0.210. The van der Waals surface area contributed by atoms with Crippen molar-refractivity contribution in [3.05, 3.63) is 48.0 Å². The number of nitrogens with one attached hydrogen (secondary N) is 1. The summed E-state index contributed by atoms with van der Waals surface area (Å²) in [6.07, 6.45) is 1.60. The largest absolute Gasteiger partial charge is 0.366 e. The Bertz CT molecular complexity index is 781. The summed E-state index contributed by atoms with van der Waals surface area (Å²) in [5.74, 6) is 0.101. The van der Waals surface area contributed by atoms with Gasteiger partial charge in [-0.15, -0.1) is 0 Å². The lowest BCUT2D eigenvalue weighted by Gasteiger charge is -2.36. The summed E-state index contributed by atoms with van der Waals surface area (Å²) in [6, 6.07) is 8.41. The van der Waals surface area contributed by atoms with Crippen molar-refractivity contribution in [3.8, 4) is 0 Å². The Morgan fingerprint density at radius 3 is 2.38 bits per heavy atom. The van der Waals surface area contributed by atoms with Crippen LogP contribution in [-0.2, 0) is 0 Å². The van der Waals surface area contributed by atoms with Crippen LogP contribution in [0.15, 0.2) is 36.5 Å². The van der Waals surface area contributed by atoms with Gasteiger partial charge in [0, 0.05) is 37.9 Å². The minimum Gasteiger partial charge on any atom is -0.366 e. The summed E-state index contributed by atoms with van der Waals surface area (Å²) in [5, 5.41) is 2.90. The molecule has 0 radical (unpaired) electrons. The molecule has 0 bridgehead atoms. The average molecular weight is 357 g/mol. The maximum Gasteiger partial charge on any atom is 0.270 e. The van der Waals surface area contributed by atoms with Gasteiger partial charge in [-0.1, -0.05) is 12.1 Å². The molecule has 0 unspecified atom stereocenters. The molecular weight excluding hydrogens is 333 g/mol. The third-order valence-electron chi connectivity index (χ3n) is 4.12. The predicted molar refractivity (Wildman–Crippen MR) is 100 cm³/mol. The van der Waals surface area contributed by atoms with Gasteiger partial charge in [-0.05, 0) is 39.0 Å². The number of hydrogen-bond acceptors (Lipinski definition) is 5. The molecule has 0 spiro atoms. The van der Waals surface area contributed by atoms with Crippen LogP contribution in [0.4, 0.5) is 16.0 Å². The molecule has 0 saturated carbocycles. The maximum atomic E-state index is 13.9. The van der Waals surface area contributed by atoms with Crippen LogP contribution in [0.1, 0.15) is 31.3 Å². The summed E-state index contributed by atoms with van der Waals surface area (Å²) in [6.45, 7) is 8.45. The fraction of sp³-hybridized carbons (Fsp3) is 0.421. The van der Waals surface area contributed by atoms with E-state index in [2.05, 4.69) is 15.3 Å². The molecule has 1 N–H and O–H groups in total. The van der Waals surface area contributed by atoms with Gasteiger partial charge in [0.05, 0.1) is 5.69 Å². The van der Waals surface area contributed by atoms with Crippen molar-refractivity contribution >= 4 is 17.5 Å². The van der Waals surface area contributed by atoms with Gasteiger partial charge in [0.15, 0.2) is 0 Å². The number of halogens is 1. The summed E-state index contributed by atoms with van der Waals surface area (Å²) in [7, 11) is 0. The lowest BCUT2D eigenvalue weighted by atomic mass is 10.1. The highest BCUT2D eigenvalue weighted by Crippen LogP contribution is 2.21. The number of para-hydroxylation sites is 1. The number of amides is 1. The Hall–Kier alpha value is -2.70. The molecule has 1 aromatic heterocycles. The molecule has 0 atom stereocenters. The maximum absolute atomic E-state index is 13.9. The second-order valence-corrected chi connectivity index (χ2v) is 7.37. The number of aromatic nitrogens is 2. The fourth-order valence-electron chi connectivity index (χ4n) is 2.89. The molecule has 1 aromatic carbocycles. The third-order valence-corrected chi connectivity index (χ3v) is 4.12. The van der Waals surface area contributed by atoms with Gasteiger partial charge in [0.2, 0.25) is 5.95 Å². The molecule has 3 rings (SSSR count). The van der Waals surface area contributed by atoms with Crippen LogP contribution in [0.3, 0.4) is 0 Å². The van der Waals surface area contributed by atoms with Crippen LogP contribution in [0.2, 0.25) is 0 Å². The van der Waals surface area contributed by atoms with Gasteiger partial charge in [-0.3, -0.25) is 4.79 Å². The first-order chi connectivity index (χ1) is 12.3. The molecule has 1 saturated heterocycles. The monoisotopic (exact) mass is 357 g/mol. The second-order valence-electron chi connectivity index (χ2n) is 7.37. The number of piperazine rings is 1. The van der Waals surface area contributed by atoms with E-state index in [-0.39, 0.29) is 17.3 Å². The lowest BCUT2D eigenvalue weighted by Crippen LogP contribution is -2.47. The number of anilines is 2. The van der Waals surface area contributed by atoms with E-state index in [4.69, 9.17) is 0 Å². The van der Waals surface area contributed by atoms with Crippen molar-refractivity contribution in [3.63, 3.8) is 0 Å². The van der Waals surface area contributed by atoms with Crippen molar-refractivity contribution in [2.75, 3.05) is 36.0 Å². The molecule has 0 aliphatic carbocycles. The van der Waals surface area contributed by atoms with Crippen LogP contribution in [0.25, 0.3) is 0 Å². The predicted octanol–water partition coefficient (Wildman–Crippen LogP) is 2.47. The molecule has 1 aliphatic rings. The van der Waals surface area contributed by atoms with E-state index in [9.17, 15) is 9.18 Å². The summed E-state index contributed by atoms with van der Waals surface area (Å²) in [4.78, 5) is 25.0. The van der Waals surface area contributed by atoms with Crippen molar-refractivity contribution in [2.24, 2.45) is 0 Å². The SMILES string of the molecule is CC(C)(C)NC(=O)c1ccnc(N2CCN(c3ccccc3F)CC2)n1. The molecule has 1 aliphatic heterocycles. The van der Waals surface area contributed by atoms with Crippen LogP contribution >= 0.6 is 0 Å². The number of carbonyl (C=O) groups excluding carboxylic acids is 1. The quantitative estimate of drug-likeness (QED) is 0.914. The average Bonchev–Trinajstić information content (AvgIpc) is 2.61. The molecule has 7 heteroatoms. The van der Waals surface area contributed by atoms with Crippen molar-refractivity contribution < 1.29 is 9.18 Å². The van der Waals surface area contributed by atoms with Gasteiger partial charge in [0.25, 0.3) is 5.91 Å². The van der Waals surface area contributed by atoms with Crippen LogP contribution in [0.5, 0.6) is 0 Å². The van der Waals surface area contributed by atoms with Gasteiger partial charge < -0.3 is 15.1 Å². The molecule has 1 amide bonds. The zero-order chi connectivity index (χ0) is 18.7. The summed E-state index contributed by atoms with van der Waals surface area (Å²) < 4.78 is 13.9. The molecule has 6 nitrogen and oxygen atoms in total.